The van der Waals surface area contributed by atoms with Gasteiger partial charge in [-0.3, -0.25) is 19.6 Å². The van der Waals surface area contributed by atoms with Crippen molar-refractivity contribution in [3.05, 3.63) is 97.5 Å². The standard InChI is InChI=1S/C23H20Cl2N6O4/c1-14-22(15(2)30(27-14)12-16-7-8-17(24)18(25)11-16)26-23(32)19-9-10-29(28-19)13-35-21-6-4-3-5-20(21)31(33)34/h3-11H,12-13H2,1-2H3,(H,26,32). The van der Waals surface area contributed by atoms with Crippen LogP contribution in [-0.2, 0) is 13.3 Å². The number of halogens is 2. The van der Waals surface area contributed by atoms with Crippen molar-refractivity contribution in [2.24, 2.45) is 0 Å². The van der Waals surface area contributed by atoms with Gasteiger partial charge in [-0.1, -0.05) is 41.4 Å². The monoisotopic (exact) mass is 514 g/mol. The summed E-state index contributed by atoms with van der Waals surface area (Å²) in [5.41, 5.74) is 2.92. The molecule has 2 aromatic carbocycles. The Bertz CT molecular complexity index is 1420. The summed E-state index contributed by atoms with van der Waals surface area (Å²) in [6, 6.07) is 12.9. The number of para-hydroxylation sites is 2. The molecule has 1 N–H and O–H groups in total. The number of amides is 1. The molecule has 0 aliphatic heterocycles. The third-order valence-electron chi connectivity index (χ3n) is 5.22. The van der Waals surface area contributed by atoms with Gasteiger partial charge < -0.3 is 10.1 Å². The van der Waals surface area contributed by atoms with Crippen molar-refractivity contribution in [3.63, 3.8) is 0 Å². The third kappa shape index (κ3) is 5.44. The van der Waals surface area contributed by atoms with Crippen LogP contribution >= 0.6 is 23.2 Å². The molecule has 12 heteroatoms. The Morgan fingerprint density at radius 1 is 1.11 bits per heavy atom. The highest BCUT2D eigenvalue weighted by atomic mass is 35.5. The summed E-state index contributed by atoms with van der Waals surface area (Å²) in [6.07, 6.45) is 1.55. The molecule has 35 heavy (non-hydrogen) atoms. The molecule has 0 saturated heterocycles. The summed E-state index contributed by atoms with van der Waals surface area (Å²) >= 11 is 12.1. The van der Waals surface area contributed by atoms with Crippen molar-refractivity contribution >= 4 is 40.5 Å². The molecule has 2 heterocycles. The first-order chi connectivity index (χ1) is 16.7. The van der Waals surface area contributed by atoms with Crippen LogP contribution in [0.5, 0.6) is 5.75 Å². The summed E-state index contributed by atoms with van der Waals surface area (Å²) in [5.74, 6) is -0.311. The van der Waals surface area contributed by atoms with E-state index in [0.29, 0.717) is 28.0 Å². The predicted octanol–water partition coefficient (Wildman–Crippen LogP) is 5.25. The van der Waals surface area contributed by atoms with Gasteiger partial charge in [-0.2, -0.15) is 10.2 Å². The minimum atomic E-state index is -0.524. The van der Waals surface area contributed by atoms with Crippen molar-refractivity contribution in [1.29, 1.82) is 0 Å². The number of benzene rings is 2. The summed E-state index contributed by atoms with van der Waals surface area (Å²) in [5, 5.41) is 23.6. The summed E-state index contributed by atoms with van der Waals surface area (Å²) in [6.45, 7) is 4.01. The van der Waals surface area contributed by atoms with Gasteiger partial charge in [0.05, 0.1) is 38.6 Å². The largest absolute Gasteiger partial charge is 0.464 e. The van der Waals surface area contributed by atoms with E-state index in [1.54, 1.807) is 42.1 Å². The maximum Gasteiger partial charge on any atom is 0.311 e. The second-order valence-corrected chi connectivity index (χ2v) is 8.46. The molecule has 4 rings (SSSR count). The van der Waals surface area contributed by atoms with E-state index in [1.807, 2.05) is 13.0 Å². The predicted molar refractivity (Wildman–Crippen MR) is 131 cm³/mol. The van der Waals surface area contributed by atoms with E-state index in [4.69, 9.17) is 27.9 Å². The van der Waals surface area contributed by atoms with E-state index in [9.17, 15) is 14.9 Å². The van der Waals surface area contributed by atoms with Gasteiger partial charge in [0.15, 0.2) is 18.2 Å². The van der Waals surface area contributed by atoms with Crippen LogP contribution in [0.15, 0.2) is 54.7 Å². The second kappa shape index (κ2) is 10.2. The number of carbonyl (C=O) groups excluding carboxylic acids is 1. The maximum absolute atomic E-state index is 12.8. The summed E-state index contributed by atoms with van der Waals surface area (Å²) in [7, 11) is 0. The molecule has 2 aromatic heterocycles. The van der Waals surface area contributed by atoms with Crippen molar-refractivity contribution in [2.75, 3.05) is 5.32 Å². The quantitative estimate of drug-likeness (QED) is 0.253. The number of nitro groups is 1. The molecule has 0 fully saturated rings. The first-order valence-corrected chi connectivity index (χ1v) is 11.2. The summed E-state index contributed by atoms with van der Waals surface area (Å²) in [4.78, 5) is 23.4. The topological polar surface area (TPSA) is 117 Å². The molecule has 0 radical (unpaired) electrons. The third-order valence-corrected chi connectivity index (χ3v) is 5.96. The Morgan fingerprint density at radius 3 is 2.63 bits per heavy atom. The van der Waals surface area contributed by atoms with Gasteiger partial charge in [0.1, 0.15) is 0 Å². The number of rotatable bonds is 8. The number of aryl methyl sites for hydroxylation is 1. The SMILES string of the molecule is Cc1nn(Cc2ccc(Cl)c(Cl)c2)c(C)c1NC(=O)c1ccn(COc2ccccc2[N+](=O)[O-])n1. The van der Waals surface area contributed by atoms with Crippen molar-refractivity contribution < 1.29 is 14.5 Å². The number of carbonyl (C=O) groups is 1. The molecule has 10 nitrogen and oxygen atoms in total. The number of aromatic nitrogens is 4. The van der Waals surface area contributed by atoms with Crippen LogP contribution in [-0.4, -0.2) is 30.4 Å². The molecule has 0 aliphatic rings. The lowest BCUT2D eigenvalue weighted by Gasteiger charge is -2.08. The van der Waals surface area contributed by atoms with Gasteiger partial charge in [-0.05, 0) is 43.7 Å². The Labute approximate surface area is 210 Å². The first-order valence-electron chi connectivity index (χ1n) is 10.4. The first kappa shape index (κ1) is 24.2. The highest BCUT2D eigenvalue weighted by molar-refractivity contribution is 6.42. The Hall–Kier alpha value is -3.89. The second-order valence-electron chi connectivity index (χ2n) is 7.64. The molecule has 1 amide bonds. The zero-order valence-corrected chi connectivity index (χ0v) is 20.2. The Balaban J connectivity index is 1.43. The molecule has 0 aliphatic carbocycles. The van der Waals surface area contributed by atoms with E-state index in [-0.39, 0.29) is 23.9 Å². The van der Waals surface area contributed by atoms with Gasteiger partial charge >= 0.3 is 5.69 Å². The lowest BCUT2D eigenvalue weighted by molar-refractivity contribution is -0.386. The van der Waals surface area contributed by atoms with Crippen LogP contribution in [0.2, 0.25) is 10.0 Å². The molecule has 0 spiro atoms. The molecule has 180 valence electrons. The van der Waals surface area contributed by atoms with Crippen LogP contribution in [0.4, 0.5) is 11.4 Å². The summed E-state index contributed by atoms with van der Waals surface area (Å²) < 4.78 is 8.65. The van der Waals surface area contributed by atoms with Gasteiger partial charge in [-0.25, -0.2) is 4.68 Å². The Morgan fingerprint density at radius 2 is 1.89 bits per heavy atom. The van der Waals surface area contributed by atoms with Gasteiger partial charge in [0.25, 0.3) is 5.91 Å². The lowest BCUT2D eigenvalue weighted by atomic mass is 10.2. The average molecular weight is 515 g/mol. The number of anilines is 1. The molecule has 0 unspecified atom stereocenters. The molecule has 0 saturated carbocycles. The minimum absolute atomic E-state index is 0.0994. The van der Waals surface area contributed by atoms with Gasteiger partial charge in [0.2, 0.25) is 0 Å². The van der Waals surface area contributed by atoms with Crippen LogP contribution in [0.3, 0.4) is 0 Å². The zero-order valence-electron chi connectivity index (χ0n) is 18.7. The highest BCUT2D eigenvalue weighted by Crippen LogP contribution is 2.27. The fourth-order valence-corrected chi connectivity index (χ4v) is 3.76. The van der Waals surface area contributed by atoms with Gasteiger partial charge in [0, 0.05) is 12.3 Å². The fraction of sp³-hybridized carbons (Fsp3) is 0.174. The maximum atomic E-state index is 12.8. The van der Waals surface area contributed by atoms with Crippen LogP contribution in [0.25, 0.3) is 0 Å². The van der Waals surface area contributed by atoms with E-state index >= 15 is 0 Å². The molecule has 0 atom stereocenters. The number of nitrogens with one attached hydrogen (secondary N) is 1. The number of hydrogen-bond acceptors (Lipinski definition) is 6. The van der Waals surface area contributed by atoms with E-state index < -0.39 is 10.8 Å². The lowest BCUT2D eigenvalue weighted by Crippen LogP contribution is -2.15. The zero-order chi connectivity index (χ0) is 25.1. The molecule has 4 aromatic rings. The van der Waals surface area contributed by atoms with Gasteiger partial charge in [-0.15, -0.1) is 0 Å². The highest BCUT2D eigenvalue weighted by Gasteiger charge is 2.18. The van der Waals surface area contributed by atoms with E-state index in [0.717, 1.165) is 11.3 Å². The van der Waals surface area contributed by atoms with E-state index in [1.165, 1.54) is 22.9 Å². The van der Waals surface area contributed by atoms with Crippen molar-refractivity contribution in [2.45, 2.75) is 27.1 Å². The fourth-order valence-electron chi connectivity index (χ4n) is 3.44. The van der Waals surface area contributed by atoms with Crippen LogP contribution in [0.1, 0.15) is 27.4 Å². The smallest absolute Gasteiger partial charge is 0.311 e. The molecular weight excluding hydrogens is 495 g/mol. The number of ether oxygens (including phenoxy) is 1. The Kier molecular flexibility index (Phi) is 7.04. The van der Waals surface area contributed by atoms with E-state index in [2.05, 4.69) is 15.5 Å². The van der Waals surface area contributed by atoms with Crippen molar-refractivity contribution in [1.82, 2.24) is 19.6 Å². The van der Waals surface area contributed by atoms with Crippen molar-refractivity contribution in [3.8, 4) is 5.75 Å². The molecule has 0 bridgehead atoms. The number of nitro benzene ring substituents is 1. The number of nitrogens with zero attached hydrogens (tertiary/aromatic N) is 5. The average Bonchev–Trinajstić information content (AvgIpc) is 3.41. The molecular formula is C23H20Cl2N6O4. The normalized spacial score (nSPS) is 10.9. The number of hydrogen-bond donors (Lipinski definition) is 1. The minimum Gasteiger partial charge on any atom is -0.464 e. The van der Waals surface area contributed by atoms with Crippen LogP contribution in [0, 0.1) is 24.0 Å². The van der Waals surface area contributed by atoms with Crippen LogP contribution < -0.4 is 10.1 Å².